The van der Waals surface area contributed by atoms with Gasteiger partial charge in [0.25, 0.3) is 0 Å². The molecule has 1 saturated heterocycles. The standard InChI is InChI=1S/C6H11BrO2/c1-6(8)2-3-9-4-5(6)7/h5,8H,2-4H2,1H3. The normalized spacial score (nSPS) is 45.0. The lowest BCUT2D eigenvalue weighted by molar-refractivity contribution is -0.0422. The van der Waals surface area contributed by atoms with Crippen molar-refractivity contribution in [3.05, 3.63) is 0 Å². The summed E-state index contributed by atoms with van der Waals surface area (Å²) in [6.07, 6.45) is 0.725. The highest BCUT2D eigenvalue weighted by atomic mass is 79.9. The molecule has 1 aliphatic heterocycles. The van der Waals surface area contributed by atoms with Crippen molar-refractivity contribution in [1.29, 1.82) is 0 Å². The Kier molecular flexibility index (Phi) is 2.14. The minimum absolute atomic E-state index is 0.0961. The smallest absolute Gasteiger partial charge is 0.0788 e. The van der Waals surface area contributed by atoms with Crippen LogP contribution in [0.25, 0.3) is 0 Å². The summed E-state index contributed by atoms with van der Waals surface area (Å²) in [6, 6.07) is 0. The average Bonchev–Trinajstić information content (AvgIpc) is 1.77. The van der Waals surface area contributed by atoms with Gasteiger partial charge in [0.15, 0.2) is 0 Å². The minimum atomic E-state index is -0.571. The molecule has 1 fully saturated rings. The summed E-state index contributed by atoms with van der Waals surface area (Å²) < 4.78 is 5.11. The zero-order chi connectivity index (χ0) is 6.91. The van der Waals surface area contributed by atoms with Gasteiger partial charge in [-0.15, -0.1) is 0 Å². The Morgan fingerprint density at radius 1 is 1.78 bits per heavy atom. The van der Waals surface area contributed by atoms with Crippen molar-refractivity contribution >= 4 is 15.9 Å². The molecule has 2 unspecified atom stereocenters. The van der Waals surface area contributed by atoms with Crippen molar-refractivity contribution < 1.29 is 9.84 Å². The van der Waals surface area contributed by atoms with Gasteiger partial charge in [-0.25, -0.2) is 0 Å². The SMILES string of the molecule is CC1(O)CCOCC1Br. The van der Waals surface area contributed by atoms with Crippen LogP contribution < -0.4 is 0 Å². The molecule has 1 N–H and O–H groups in total. The Bertz CT molecular complexity index is 103. The molecule has 0 aliphatic carbocycles. The van der Waals surface area contributed by atoms with Gasteiger partial charge in [-0.05, 0) is 6.92 Å². The molecule has 3 heteroatoms. The van der Waals surface area contributed by atoms with Crippen molar-refractivity contribution in [2.75, 3.05) is 13.2 Å². The molecular weight excluding hydrogens is 184 g/mol. The Balaban J connectivity index is 2.49. The van der Waals surface area contributed by atoms with Gasteiger partial charge in [0, 0.05) is 13.0 Å². The topological polar surface area (TPSA) is 29.5 Å². The van der Waals surface area contributed by atoms with Crippen molar-refractivity contribution in [1.82, 2.24) is 0 Å². The molecule has 54 valence electrons. The fourth-order valence-corrected chi connectivity index (χ4v) is 1.22. The predicted molar refractivity (Wildman–Crippen MR) is 38.8 cm³/mol. The first-order chi connectivity index (χ1) is 4.13. The van der Waals surface area contributed by atoms with Crippen LogP contribution in [0.4, 0.5) is 0 Å². The molecule has 0 radical (unpaired) electrons. The average molecular weight is 195 g/mol. The van der Waals surface area contributed by atoms with E-state index in [1.165, 1.54) is 0 Å². The van der Waals surface area contributed by atoms with Gasteiger partial charge < -0.3 is 9.84 Å². The van der Waals surface area contributed by atoms with E-state index in [-0.39, 0.29) is 4.83 Å². The fourth-order valence-electron chi connectivity index (χ4n) is 0.802. The van der Waals surface area contributed by atoms with Gasteiger partial charge in [-0.1, -0.05) is 15.9 Å². The van der Waals surface area contributed by atoms with E-state index < -0.39 is 5.60 Å². The van der Waals surface area contributed by atoms with Crippen LogP contribution in [0.2, 0.25) is 0 Å². The minimum Gasteiger partial charge on any atom is -0.389 e. The number of hydrogen-bond donors (Lipinski definition) is 1. The highest BCUT2D eigenvalue weighted by Gasteiger charge is 2.32. The first kappa shape index (κ1) is 7.51. The second-order valence-corrected chi connectivity index (χ2v) is 3.75. The lowest BCUT2D eigenvalue weighted by Gasteiger charge is -2.32. The molecule has 2 atom stereocenters. The van der Waals surface area contributed by atoms with Crippen LogP contribution in [0.5, 0.6) is 0 Å². The van der Waals surface area contributed by atoms with Gasteiger partial charge in [-0.2, -0.15) is 0 Å². The Labute approximate surface area is 63.3 Å². The van der Waals surface area contributed by atoms with E-state index in [0.29, 0.717) is 13.2 Å². The van der Waals surface area contributed by atoms with E-state index >= 15 is 0 Å². The summed E-state index contributed by atoms with van der Waals surface area (Å²) in [5.41, 5.74) is -0.571. The molecule has 0 aromatic carbocycles. The number of ether oxygens (including phenoxy) is 1. The molecule has 1 rings (SSSR count). The molecule has 0 aromatic rings. The molecule has 0 aromatic heterocycles. The van der Waals surface area contributed by atoms with Crippen LogP contribution in [0.1, 0.15) is 13.3 Å². The molecule has 9 heavy (non-hydrogen) atoms. The van der Waals surface area contributed by atoms with Crippen LogP contribution in [-0.4, -0.2) is 28.7 Å². The van der Waals surface area contributed by atoms with E-state index in [1.54, 1.807) is 0 Å². The molecule has 1 aliphatic rings. The largest absolute Gasteiger partial charge is 0.389 e. The molecular formula is C6H11BrO2. The second-order valence-electron chi connectivity index (χ2n) is 2.65. The summed E-state index contributed by atoms with van der Waals surface area (Å²) in [4.78, 5) is 0.0961. The molecule has 0 saturated carbocycles. The van der Waals surface area contributed by atoms with Crippen molar-refractivity contribution in [3.63, 3.8) is 0 Å². The number of hydrogen-bond acceptors (Lipinski definition) is 2. The van der Waals surface area contributed by atoms with E-state index in [4.69, 9.17) is 4.74 Å². The molecule has 0 spiro atoms. The maximum atomic E-state index is 9.52. The van der Waals surface area contributed by atoms with Gasteiger partial charge in [-0.3, -0.25) is 0 Å². The van der Waals surface area contributed by atoms with Crippen LogP contribution in [-0.2, 0) is 4.74 Å². The summed E-state index contributed by atoms with van der Waals surface area (Å²) >= 11 is 3.33. The third-order valence-electron chi connectivity index (χ3n) is 1.69. The monoisotopic (exact) mass is 194 g/mol. The number of aliphatic hydroxyl groups is 1. The summed E-state index contributed by atoms with van der Waals surface area (Å²) in [6.45, 7) is 3.12. The first-order valence-corrected chi connectivity index (χ1v) is 3.99. The summed E-state index contributed by atoms with van der Waals surface area (Å²) in [7, 11) is 0. The second kappa shape index (κ2) is 2.56. The Hall–Kier alpha value is 0.400. The number of alkyl halides is 1. The quantitative estimate of drug-likeness (QED) is 0.582. The highest BCUT2D eigenvalue weighted by Crippen LogP contribution is 2.25. The van der Waals surface area contributed by atoms with E-state index in [1.807, 2.05) is 6.92 Å². The van der Waals surface area contributed by atoms with Crippen LogP contribution in [0.3, 0.4) is 0 Å². The maximum Gasteiger partial charge on any atom is 0.0788 e. The van der Waals surface area contributed by atoms with Gasteiger partial charge >= 0.3 is 0 Å². The van der Waals surface area contributed by atoms with E-state index in [0.717, 1.165) is 6.42 Å². The first-order valence-electron chi connectivity index (χ1n) is 3.07. The fraction of sp³-hybridized carbons (Fsp3) is 1.00. The Morgan fingerprint density at radius 2 is 2.44 bits per heavy atom. The predicted octanol–water partition coefficient (Wildman–Crippen LogP) is 0.921. The molecule has 0 bridgehead atoms. The number of halogens is 1. The Morgan fingerprint density at radius 3 is 2.78 bits per heavy atom. The van der Waals surface area contributed by atoms with Crippen molar-refractivity contribution in [2.45, 2.75) is 23.8 Å². The van der Waals surface area contributed by atoms with Gasteiger partial charge in [0.1, 0.15) is 0 Å². The number of rotatable bonds is 0. The zero-order valence-electron chi connectivity index (χ0n) is 5.43. The summed E-state index contributed by atoms with van der Waals surface area (Å²) in [5, 5.41) is 9.52. The third-order valence-corrected chi connectivity index (χ3v) is 2.94. The van der Waals surface area contributed by atoms with Gasteiger partial charge in [0.2, 0.25) is 0 Å². The molecule has 2 nitrogen and oxygen atoms in total. The van der Waals surface area contributed by atoms with Crippen LogP contribution in [0.15, 0.2) is 0 Å². The summed E-state index contributed by atoms with van der Waals surface area (Å²) in [5.74, 6) is 0. The molecule has 0 amide bonds. The van der Waals surface area contributed by atoms with Crippen LogP contribution in [0, 0.1) is 0 Å². The molecule has 1 heterocycles. The van der Waals surface area contributed by atoms with Crippen LogP contribution >= 0.6 is 15.9 Å². The lowest BCUT2D eigenvalue weighted by atomic mass is 9.97. The third kappa shape index (κ3) is 1.66. The maximum absolute atomic E-state index is 9.52. The van der Waals surface area contributed by atoms with Gasteiger partial charge in [0.05, 0.1) is 17.0 Å². The highest BCUT2D eigenvalue weighted by molar-refractivity contribution is 9.09. The van der Waals surface area contributed by atoms with Crippen molar-refractivity contribution in [2.24, 2.45) is 0 Å². The van der Waals surface area contributed by atoms with Crippen molar-refractivity contribution in [3.8, 4) is 0 Å². The van der Waals surface area contributed by atoms with E-state index in [2.05, 4.69) is 15.9 Å². The lowest BCUT2D eigenvalue weighted by Crippen LogP contribution is -2.43. The van der Waals surface area contributed by atoms with E-state index in [9.17, 15) is 5.11 Å². The zero-order valence-corrected chi connectivity index (χ0v) is 7.02.